The standard InChI is InChI=1S/C17H10Cl3NOS/c18-10-3-1-9(2-4-10)16-13(8-15(23-16)17(21)22)12-6-5-11(19)7-14(12)20/h1-8H,(H2,21,22). The second-order valence-electron chi connectivity index (χ2n) is 4.85. The Kier molecular flexibility index (Phi) is 4.64. The van der Waals surface area contributed by atoms with Crippen LogP contribution in [0.4, 0.5) is 0 Å². The Balaban J connectivity index is 2.22. The number of hydrogen-bond donors (Lipinski definition) is 1. The summed E-state index contributed by atoms with van der Waals surface area (Å²) < 4.78 is 0. The van der Waals surface area contributed by atoms with Gasteiger partial charge >= 0.3 is 0 Å². The monoisotopic (exact) mass is 381 g/mol. The summed E-state index contributed by atoms with van der Waals surface area (Å²) in [5, 5.41) is 1.71. The van der Waals surface area contributed by atoms with Crippen molar-refractivity contribution >= 4 is 52.0 Å². The van der Waals surface area contributed by atoms with Gasteiger partial charge in [-0.1, -0.05) is 53.0 Å². The number of rotatable bonds is 3. The molecular formula is C17H10Cl3NOS. The molecule has 2 N–H and O–H groups in total. The van der Waals surface area contributed by atoms with Crippen molar-refractivity contribution in [3.63, 3.8) is 0 Å². The molecule has 0 saturated carbocycles. The first kappa shape index (κ1) is 16.3. The average molecular weight is 383 g/mol. The number of thiophene rings is 1. The van der Waals surface area contributed by atoms with Crippen LogP contribution in [0.5, 0.6) is 0 Å². The van der Waals surface area contributed by atoms with Crippen molar-refractivity contribution < 1.29 is 4.79 Å². The van der Waals surface area contributed by atoms with Gasteiger partial charge in [-0.2, -0.15) is 0 Å². The van der Waals surface area contributed by atoms with Crippen LogP contribution in [0, 0.1) is 0 Å². The maximum Gasteiger partial charge on any atom is 0.258 e. The minimum atomic E-state index is -0.471. The van der Waals surface area contributed by atoms with E-state index in [1.165, 1.54) is 11.3 Å². The van der Waals surface area contributed by atoms with E-state index < -0.39 is 5.91 Å². The van der Waals surface area contributed by atoms with Gasteiger partial charge in [0.25, 0.3) is 5.91 Å². The van der Waals surface area contributed by atoms with E-state index in [9.17, 15) is 4.79 Å². The highest BCUT2D eigenvalue weighted by atomic mass is 35.5. The molecule has 1 aromatic heterocycles. The summed E-state index contributed by atoms with van der Waals surface area (Å²) in [5.41, 5.74) is 8.01. The number of primary amides is 1. The number of hydrogen-bond acceptors (Lipinski definition) is 2. The van der Waals surface area contributed by atoms with Crippen LogP contribution in [0.3, 0.4) is 0 Å². The molecule has 0 radical (unpaired) electrons. The number of carbonyl (C=O) groups is 1. The van der Waals surface area contributed by atoms with Gasteiger partial charge in [0.2, 0.25) is 0 Å². The summed E-state index contributed by atoms with van der Waals surface area (Å²) in [6.45, 7) is 0. The van der Waals surface area contributed by atoms with Crippen molar-refractivity contribution in [1.82, 2.24) is 0 Å². The Morgan fingerprint density at radius 2 is 1.52 bits per heavy atom. The molecule has 0 saturated heterocycles. The fourth-order valence-electron chi connectivity index (χ4n) is 2.24. The molecule has 23 heavy (non-hydrogen) atoms. The molecule has 0 fully saturated rings. The number of carbonyl (C=O) groups excluding carboxylic acids is 1. The zero-order chi connectivity index (χ0) is 16.6. The molecule has 2 nitrogen and oxygen atoms in total. The minimum Gasteiger partial charge on any atom is -0.365 e. The van der Waals surface area contributed by atoms with E-state index in [4.69, 9.17) is 40.5 Å². The Labute approximate surface area is 152 Å². The molecule has 0 bridgehead atoms. The van der Waals surface area contributed by atoms with Gasteiger partial charge in [0.1, 0.15) is 0 Å². The van der Waals surface area contributed by atoms with Crippen molar-refractivity contribution in [1.29, 1.82) is 0 Å². The number of benzene rings is 2. The van der Waals surface area contributed by atoms with Crippen LogP contribution in [0.15, 0.2) is 48.5 Å². The van der Waals surface area contributed by atoms with E-state index in [0.29, 0.717) is 19.9 Å². The van der Waals surface area contributed by atoms with Gasteiger partial charge in [0, 0.05) is 31.1 Å². The fourth-order valence-corrected chi connectivity index (χ4v) is 3.90. The summed E-state index contributed by atoms with van der Waals surface area (Å²) in [5.74, 6) is -0.471. The third-order valence-electron chi connectivity index (χ3n) is 3.30. The summed E-state index contributed by atoms with van der Waals surface area (Å²) >= 11 is 19.6. The van der Waals surface area contributed by atoms with E-state index in [2.05, 4.69) is 0 Å². The highest BCUT2D eigenvalue weighted by molar-refractivity contribution is 7.18. The quantitative estimate of drug-likeness (QED) is 0.580. The third-order valence-corrected chi connectivity index (χ3v) is 5.30. The Morgan fingerprint density at radius 1 is 0.870 bits per heavy atom. The Morgan fingerprint density at radius 3 is 2.13 bits per heavy atom. The first-order valence-electron chi connectivity index (χ1n) is 6.60. The van der Waals surface area contributed by atoms with Crippen LogP contribution in [-0.2, 0) is 0 Å². The lowest BCUT2D eigenvalue weighted by Gasteiger charge is -2.07. The topological polar surface area (TPSA) is 43.1 Å². The molecule has 0 aliphatic carbocycles. The lowest BCUT2D eigenvalue weighted by atomic mass is 10.0. The molecule has 3 rings (SSSR count). The summed E-state index contributed by atoms with van der Waals surface area (Å²) in [7, 11) is 0. The normalized spacial score (nSPS) is 10.7. The van der Waals surface area contributed by atoms with Crippen LogP contribution in [0.1, 0.15) is 9.67 Å². The van der Waals surface area contributed by atoms with Crippen molar-refractivity contribution in [3.8, 4) is 21.6 Å². The fraction of sp³-hybridized carbons (Fsp3) is 0. The molecule has 3 aromatic rings. The predicted octanol–water partition coefficient (Wildman–Crippen LogP) is 6.14. The summed E-state index contributed by atoms with van der Waals surface area (Å²) in [6.07, 6.45) is 0. The smallest absolute Gasteiger partial charge is 0.258 e. The first-order chi connectivity index (χ1) is 11.0. The highest BCUT2D eigenvalue weighted by Crippen LogP contribution is 2.42. The van der Waals surface area contributed by atoms with Crippen LogP contribution >= 0.6 is 46.1 Å². The van der Waals surface area contributed by atoms with Gasteiger partial charge in [0.15, 0.2) is 0 Å². The van der Waals surface area contributed by atoms with Crippen molar-refractivity contribution in [2.75, 3.05) is 0 Å². The zero-order valence-corrected chi connectivity index (χ0v) is 14.7. The lowest BCUT2D eigenvalue weighted by Crippen LogP contribution is -2.08. The van der Waals surface area contributed by atoms with Gasteiger partial charge in [-0.15, -0.1) is 11.3 Å². The van der Waals surface area contributed by atoms with Crippen molar-refractivity contribution in [2.45, 2.75) is 0 Å². The highest BCUT2D eigenvalue weighted by Gasteiger charge is 2.17. The van der Waals surface area contributed by atoms with Crippen molar-refractivity contribution in [3.05, 3.63) is 68.5 Å². The molecule has 0 spiro atoms. The van der Waals surface area contributed by atoms with Gasteiger partial charge in [-0.25, -0.2) is 0 Å². The van der Waals surface area contributed by atoms with Crippen LogP contribution < -0.4 is 5.73 Å². The second kappa shape index (κ2) is 6.54. The summed E-state index contributed by atoms with van der Waals surface area (Å²) in [6, 6.07) is 14.4. The average Bonchev–Trinajstić information content (AvgIpc) is 2.93. The zero-order valence-electron chi connectivity index (χ0n) is 11.6. The van der Waals surface area contributed by atoms with E-state index >= 15 is 0 Å². The second-order valence-corrected chi connectivity index (χ2v) is 7.18. The van der Waals surface area contributed by atoms with E-state index in [1.54, 1.807) is 30.3 Å². The van der Waals surface area contributed by atoms with Crippen LogP contribution in [0.25, 0.3) is 21.6 Å². The molecule has 0 aliphatic rings. The van der Waals surface area contributed by atoms with Crippen LogP contribution in [-0.4, -0.2) is 5.91 Å². The van der Waals surface area contributed by atoms with Crippen molar-refractivity contribution in [2.24, 2.45) is 5.73 Å². The Hall–Kier alpha value is -1.52. The minimum absolute atomic E-state index is 0.468. The van der Waals surface area contributed by atoms with Crippen LogP contribution in [0.2, 0.25) is 15.1 Å². The molecule has 116 valence electrons. The maximum absolute atomic E-state index is 11.6. The molecular weight excluding hydrogens is 373 g/mol. The van der Waals surface area contributed by atoms with Gasteiger partial charge in [-0.3, -0.25) is 4.79 Å². The molecule has 0 aliphatic heterocycles. The maximum atomic E-state index is 11.6. The molecule has 0 atom stereocenters. The molecule has 1 amide bonds. The molecule has 6 heteroatoms. The Bertz CT molecular complexity index is 887. The lowest BCUT2D eigenvalue weighted by molar-refractivity contribution is 0.100. The van der Waals surface area contributed by atoms with E-state index in [0.717, 1.165) is 21.6 Å². The SMILES string of the molecule is NC(=O)c1cc(-c2ccc(Cl)cc2Cl)c(-c2ccc(Cl)cc2)s1. The number of amides is 1. The number of halogens is 3. The van der Waals surface area contributed by atoms with Gasteiger partial charge in [-0.05, 0) is 35.9 Å². The largest absolute Gasteiger partial charge is 0.365 e. The third kappa shape index (κ3) is 3.38. The van der Waals surface area contributed by atoms with Gasteiger partial charge < -0.3 is 5.73 Å². The predicted molar refractivity (Wildman–Crippen MR) is 98.7 cm³/mol. The molecule has 0 unspecified atom stereocenters. The molecule has 1 heterocycles. The van der Waals surface area contributed by atoms with E-state index in [1.807, 2.05) is 18.2 Å². The van der Waals surface area contributed by atoms with E-state index in [-0.39, 0.29) is 0 Å². The van der Waals surface area contributed by atoms with Gasteiger partial charge in [0.05, 0.1) is 4.88 Å². The first-order valence-corrected chi connectivity index (χ1v) is 8.56. The summed E-state index contributed by atoms with van der Waals surface area (Å²) in [4.78, 5) is 13.0. The number of nitrogens with two attached hydrogens (primary N) is 1. The molecule has 2 aromatic carbocycles.